The van der Waals surface area contributed by atoms with Gasteiger partial charge >= 0.3 is 6.18 Å². The maximum Gasteiger partial charge on any atom is 0.416 e. The van der Waals surface area contributed by atoms with Crippen LogP contribution in [0.1, 0.15) is 16.7 Å². The number of nitrogens with zero attached hydrogens (tertiary/aromatic N) is 1. The first-order chi connectivity index (χ1) is 12.5. The summed E-state index contributed by atoms with van der Waals surface area (Å²) < 4.78 is 38.2. The highest BCUT2D eigenvalue weighted by molar-refractivity contribution is 5.62. The number of hydrogen-bond acceptors (Lipinski definition) is 2. The van der Waals surface area contributed by atoms with Gasteiger partial charge in [0.25, 0.3) is 0 Å². The molecule has 0 radical (unpaired) electrons. The van der Waals surface area contributed by atoms with Crippen molar-refractivity contribution in [2.45, 2.75) is 19.1 Å². The van der Waals surface area contributed by atoms with E-state index in [1.54, 1.807) is 12.3 Å². The zero-order valence-electron chi connectivity index (χ0n) is 14.1. The molecule has 0 amide bonds. The normalized spacial score (nSPS) is 11.5. The number of aromatic nitrogens is 1. The summed E-state index contributed by atoms with van der Waals surface area (Å²) in [6.07, 6.45) is -0.189. The molecule has 26 heavy (non-hydrogen) atoms. The largest absolute Gasteiger partial charge is 0.416 e. The maximum atomic E-state index is 12.7. The quantitative estimate of drug-likeness (QED) is 0.622. The molecular formula is C21H19F3N2. The number of halogens is 3. The third-order valence-electron chi connectivity index (χ3n) is 4.10. The number of pyridine rings is 1. The summed E-state index contributed by atoms with van der Waals surface area (Å²) in [7, 11) is 0. The van der Waals surface area contributed by atoms with Crippen LogP contribution < -0.4 is 5.32 Å². The molecule has 0 spiro atoms. The zero-order chi connectivity index (χ0) is 18.4. The molecule has 3 rings (SSSR count). The van der Waals surface area contributed by atoms with Gasteiger partial charge < -0.3 is 5.32 Å². The lowest BCUT2D eigenvalue weighted by Gasteiger charge is -2.10. The second kappa shape index (κ2) is 8.15. The second-order valence-corrected chi connectivity index (χ2v) is 6.07. The molecule has 134 valence electrons. The Morgan fingerprint density at radius 3 is 2.38 bits per heavy atom. The fraction of sp³-hybridized carbons (Fsp3) is 0.190. The van der Waals surface area contributed by atoms with Crippen molar-refractivity contribution in [1.82, 2.24) is 10.3 Å². The van der Waals surface area contributed by atoms with Crippen molar-refractivity contribution in [1.29, 1.82) is 0 Å². The minimum absolute atomic E-state index is 0.548. The fourth-order valence-corrected chi connectivity index (χ4v) is 2.76. The van der Waals surface area contributed by atoms with E-state index in [9.17, 15) is 13.2 Å². The first-order valence-electron chi connectivity index (χ1n) is 8.38. The van der Waals surface area contributed by atoms with E-state index >= 15 is 0 Å². The molecule has 2 aromatic carbocycles. The van der Waals surface area contributed by atoms with Crippen molar-refractivity contribution in [3.05, 3.63) is 89.7 Å². The summed E-state index contributed by atoms with van der Waals surface area (Å²) in [5, 5.41) is 3.29. The van der Waals surface area contributed by atoms with E-state index in [-0.39, 0.29) is 0 Å². The van der Waals surface area contributed by atoms with Gasteiger partial charge in [0.15, 0.2) is 0 Å². The molecule has 2 nitrogen and oxygen atoms in total. The SMILES string of the molecule is FC(F)(F)c1cccc(CCNCc2cccc(-c3cccnc3)c2)c1. The second-order valence-electron chi connectivity index (χ2n) is 6.07. The van der Waals surface area contributed by atoms with Gasteiger partial charge in [-0.1, -0.05) is 42.5 Å². The van der Waals surface area contributed by atoms with Crippen LogP contribution in [-0.4, -0.2) is 11.5 Å². The number of benzene rings is 2. The van der Waals surface area contributed by atoms with Crippen LogP contribution >= 0.6 is 0 Å². The van der Waals surface area contributed by atoms with Gasteiger partial charge in [0.1, 0.15) is 0 Å². The van der Waals surface area contributed by atoms with Gasteiger partial charge in [0, 0.05) is 18.9 Å². The molecule has 0 aliphatic carbocycles. The van der Waals surface area contributed by atoms with Gasteiger partial charge in [-0.3, -0.25) is 4.98 Å². The third-order valence-corrected chi connectivity index (χ3v) is 4.10. The Morgan fingerprint density at radius 2 is 1.62 bits per heavy atom. The summed E-state index contributed by atoms with van der Waals surface area (Å²) in [4.78, 5) is 4.13. The van der Waals surface area contributed by atoms with Crippen LogP contribution in [0.5, 0.6) is 0 Å². The van der Waals surface area contributed by atoms with Crippen LogP contribution in [0.15, 0.2) is 73.1 Å². The van der Waals surface area contributed by atoms with Gasteiger partial charge in [0.2, 0.25) is 0 Å². The zero-order valence-corrected chi connectivity index (χ0v) is 14.1. The highest BCUT2D eigenvalue weighted by Gasteiger charge is 2.30. The molecule has 0 aliphatic rings. The van der Waals surface area contributed by atoms with Gasteiger partial charge in [0.05, 0.1) is 5.56 Å². The van der Waals surface area contributed by atoms with Gasteiger partial charge in [-0.25, -0.2) is 0 Å². The van der Waals surface area contributed by atoms with Crippen molar-refractivity contribution >= 4 is 0 Å². The van der Waals surface area contributed by atoms with Gasteiger partial charge in [-0.2, -0.15) is 13.2 Å². The molecule has 0 aliphatic heterocycles. The van der Waals surface area contributed by atoms with Crippen molar-refractivity contribution in [3.8, 4) is 11.1 Å². The Balaban J connectivity index is 1.55. The van der Waals surface area contributed by atoms with Crippen molar-refractivity contribution in [3.63, 3.8) is 0 Å². The molecule has 0 saturated heterocycles. The lowest BCUT2D eigenvalue weighted by molar-refractivity contribution is -0.137. The fourth-order valence-electron chi connectivity index (χ4n) is 2.76. The van der Waals surface area contributed by atoms with Gasteiger partial charge in [-0.15, -0.1) is 0 Å². The molecule has 0 bridgehead atoms. The Morgan fingerprint density at radius 1 is 0.846 bits per heavy atom. The predicted octanol–water partition coefficient (Wildman–Crippen LogP) is 5.10. The van der Waals surface area contributed by atoms with E-state index in [0.717, 1.165) is 22.8 Å². The molecule has 1 N–H and O–H groups in total. The van der Waals surface area contributed by atoms with E-state index in [0.29, 0.717) is 25.1 Å². The first-order valence-corrected chi connectivity index (χ1v) is 8.38. The summed E-state index contributed by atoms with van der Waals surface area (Å²) in [5.41, 5.74) is 3.35. The smallest absolute Gasteiger partial charge is 0.312 e. The Bertz CT molecular complexity index is 845. The van der Waals surface area contributed by atoms with Crippen molar-refractivity contribution < 1.29 is 13.2 Å². The van der Waals surface area contributed by atoms with E-state index in [1.165, 1.54) is 12.1 Å². The minimum atomic E-state index is -4.30. The average Bonchev–Trinajstić information content (AvgIpc) is 2.66. The van der Waals surface area contributed by atoms with E-state index < -0.39 is 11.7 Å². The van der Waals surface area contributed by atoms with Crippen LogP contribution in [0.4, 0.5) is 13.2 Å². The molecule has 0 atom stereocenters. The van der Waals surface area contributed by atoms with E-state index in [4.69, 9.17) is 0 Å². The Kier molecular flexibility index (Phi) is 5.68. The van der Waals surface area contributed by atoms with Gasteiger partial charge in [-0.05, 0) is 53.4 Å². The molecule has 3 aromatic rings. The number of alkyl halides is 3. The first kappa shape index (κ1) is 18.1. The van der Waals surface area contributed by atoms with Crippen LogP contribution in [0.3, 0.4) is 0 Å². The maximum absolute atomic E-state index is 12.7. The average molecular weight is 356 g/mol. The van der Waals surface area contributed by atoms with Crippen LogP contribution in [-0.2, 0) is 19.1 Å². The lowest BCUT2D eigenvalue weighted by atomic mass is 10.0. The van der Waals surface area contributed by atoms with Crippen LogP contribution in [0.2, 0.25) is 0 Å². The molecule has 0 saturated carbocycles. The van der Waals surface area contributed by atoms with E-state index in [1.807, 2.05) is 36.5 Å². The predicted molar refractivity (Wildman–Crippen MR) is 96.5 cm³/mol. The molecule has 0 fully saturated rings. The topological polar surface area (TPSA) is 24.9 Å². The van der Waals surface area contributed by atoms with E-state index in [2.05, 4.69) is 16.4 Å². The number of hydrogen-bond donors (Lipinski definition) is 1. The summed E-state index contributed by atoms with van der Waals surface area (Å²) >= 11 is 0. The molecule has 1 aromatic heterocycles. The molecule has 0 unspecified atom stereocenters. The highest BCUT2D eigenvalue weighted by Crippen LogP contribution is 2.29. The summed E-state index contributed by atoms with van der Waals surface area (Å²) in [6.45, 7) is 1.27. The number of nitrogens with one attached hydrogen (secondary N) is 1. The Labute approximate surface area is 150 Å². The minimum Gasteiger partial charge on any atom is -0.312 e. The third kappa shape index (κ3) is 4.92. The van der Waals surface area contributed by atoms with Crippen LogP contribution in [0.25, 0.3) is 11.1 Å². The van der Waals surface area contributed by atoms with Crippen LogP contribution in [0, 0.1) is 0 Å². The lowest BCUT2D eigenvalue weighted by Crippen LogP contribution is -2.17. The molecular weight excluding hydrogens is 337 g/mol. The highest BCUT2D eigenvalue weighted by atomic mass is 19.4. The Hall–Kier alpha value is -2.66. The van der Waals surface area contributed by atoms with Crippen molar-refractivity contribution in [2.75, 3.05) is 6.54 Å². The molecule has 5 heteroatoms. The monoisotopic (exact) mass is 356 g/mol. The van der Waals surface area contributed by atoms with Crippen molar-refractivity contribution in [2.24, 2.45) is 0 Å². The standard InChI is InChI=1S/C21H19F3N2/c22-21(23,24)20-8-2-4-16(13-20)9-11-26-14-17-5-1-6-18(12-17)19-7-3-10-25-15-19/h1-8,10,12-13,15,26H,9,11,14H2. The number of rotatable bonds is 6. The summed E-state index contributed by atoms with van der Waals surface area (Å²) in [6, 6.07) is 17.5. The summed E-state index contributed by atoms with van der Waals surface area (Å²) in [5.74, 6) is 0. The molecule has 1 heterocycles.